The molecular formula is C12H17BrClN3O2. The first-order valence-electron chi connectivity index (χ1n) is 5.55. The van der Waals surface area contributed by atoms with Gasteiger partial charge >= 0.3 is 0 Å². The van der Waals surface area contributed by atoms with Crippen molar-refractivity contribution in [3.8, 4) is 0 Å². The number of benzene rings is 1. The molecule has 0 saturated heterocycles. The summed E-state index contributed by atoms with van der Waals surface area (Å²) in [6, 6.07) is 7.51. The van der Waals surface area contributed by atoms with Crippen LogP contribution in [0.4, 0.5) is 0 Å². The third kappa shape index (κ3) is 6.04. The zero-order valence-electron chi connectivity index (χ0n) is 10.5. The van der Waals surface area contributed by atoms with E-state index in [1.54, 1.807) is 0 Å². The van der Waals surface area contributed by atoms with Gasteiger partial charge in [0, 0.05) is 4.47 Å². The standard InChI is InChI=1S/C12H16BrN3O2.ClH/c1-8(9-4-2-3-5-10(9)13)16-12(18)7-15-11(17)6-14;/h2-5,8H,6-7,14H2,1H3,(H,15,17)(H,16,18);1H. The van der Waals surface area contributed by atoms with E-state index in [1.807, 2.05) is 31.2 Å². The van der Waals surface area contributed by atoms with Gasteiger partial charge in [-0.15, -0.1) is 12.4 Å². The Labute approximate surface area is 126 Å². The molecule has 1 aromatic rings. The first kappa shape index (κ1) is 17.9. The lowest BCUT2D eigenvalue weighted by Crippen LogP contribution is -2.40. The Kier molecular flexibility index (Phi) is 8.38. The molecule has 0 radical (unpaired) electrons. The number of carbonyl (C=O) groups excluding carboxylic acids is 2. The fourth-order valence-corrected chi connectivity index (χ4v) is 2.08. The summed E-state index contributed by atoms with van der Waals surface area (Å²) in [6.07, 6.45) is 0. The Morgan fingerprint density at radius 3 is 2.53 bits per heavy atom. The van der Waals surface area contributed by atoms with Gasteiger partial charge in [-0.3, -0.25) is 9.59 Å². The van der Waals surface area contributed by atoms with Crippen LogP contribution in [0, 0.1) is 0 Å². The van der Waals surface area contributed by atoms with Crippen molar-refractivity contribution in [3.05, 3.63) is 34.3 Å². The van der Waals surface area contributed by atoms with Crippen molar-refractivity contribution >= 4 is 40.2 Å². The second-order valence-corrected chi connectivity index (χ2v) is 4.65. The Morgan fingerprint density at radius 1 is 1.32 bits per heavy atom. The van der Waals surface area contributed by atoms with E-state index >= 15 is 0 Å². The van der Waals surface area contributed by atoms with Crippen LogP contribution in [0.1, 0.15) is 18.5 Å². The summed E-state index contributed by atoms with van der Waals surface area (Å²) in [4.78, 5) is 22.5. The van der Waals surface area contributed by atoms with Gasteiger partial charge in [0.1, 0.15) is 0 Å². The smallest absolute Gasteiger partial charge is 0.239 e. The minimum absolute atomic E-state index is 0. The lowest BCUT2D eigenvalue weighted by Gasteiger charge is -2.16. The average molecular weight is 351 g/mol. The summed E-state index contributed by atoms with van der Waals surface area (Å²) in [5, 5.41) is 5.21. The van der Waals surface area contributed by atoms with Crippen molar-refractivity contribution in [3.63, 3.8) is 0 Å². The second-order valence-electron chi connectivity index (χ2n) is 3.79. The van der Waals surface area contributed by atoms with Crippen LogP contribution < -0.4 is 16.4 Å². The molecule has 7 heteroatoms. The minimum atomic E-state index is -0.348. The Balaban J connectivity index is 0.00000324. The lowest BCUT2D eigenvalue weighted by atomic mass is 10.1. The highest BCUT2D eigenvalue weighted by Gasteiger charge is 2.12. The van der Waals surface area contributed by atoms with Gasteiger partial charge in [0.25, 0.3) is 0 Å². The highest BCUT2D eigenvalue weighted by molar-refractivity contribution is 9.10. The van der Waals surface area contributed by atoms with E-state index in [0.29, 0.717) is 0 Å². The maximum Gasteiger partial charge on any atom is 0.239 e. The predicted molar refractivity (Wildman–Crippen MR) is 80.0 cm³/mol. The fourth-order valence-electron chi connectivity index (χ4n) is 1.45. The van der Waals surface area contributed by atoms with Gasteiger partial charge in [0.15, 0.2) is 0 Å². The summed E-state index contributed by atoms with van der Waals surface area (Å²) in [7, 11) is 0. The van der Waals surface area contributed by atoms with Crippen molar-refractivity contribution in [1.82, 2.24) is 10.6 Å². The molecule has 0 aliphatic heterocycles. The van der Waals surface area contributed by atoms with Crippen molar-refractivity contribution < 1.29 is 9.59 Å². The quantitative estimate of drug-likeness (QED) is 0.744. The van der Waals surface area contributed by atoms with Crippen molar-refractivity contribution in [2.24, 2.45) is 5.73 Å². The summed E-state index contributed by atoms with van der Waals surface area (Å²) >= 11 is 3.42. The monoisotopic (exact) mass is 349 g/mol. The molecule has 1 aromatic carbocycles. The van der Waals surface area contributed by atoms with Crippen LogP contribution in [-0.4, -0.2) is 24.9 Å². The van der Waals surface area contributed by atoms with E-state index in [-0.39, 0.29) is 43.4 Å². The fraction of sp³-hybridized carbons (Fsp3) is 0.333. The summed E-state index contributed by atoms with van der Waals surface area (Å²) < 4.78 is 0.934. The maximum atomic E-state index is 11.6. The van der Waals surface area contributed by atoms with E-state index < -0.39 is 0 Å². The number of amides is 2. The number of nitrogens with two attached hydrogens (primary N) is 1. The molecule has 0 aliphatic rings. The molecule has 4 N–H and O–H groups in total. The first-order valence-corrected chi connectivity index (χ1v) is 6.34. The highest BCUT2D eigenvalue weighted by atomic mass is 79.9. The van der Waals surface area contributed by atoms with E-state index in [4.69, 9.17) is 5.73 Å². The average Bonchev–Trinajstić information content (AvgIpc) is 2.36. The number of hydrogen-bond acceptors (Lipinski definition) is 3. The molecule has 0 aliphatic carbocycles. The lowest BCUT2D eigenvalue weighted by molar-refractivity contribution is -0.125. The summed E-state index contributed by atoms with van der Waals surface area (Å²) in [5.41, 5.74) is 6.10. The molecule has 0 aromatic heterocycles. The highest BCUT2D eigenvalue weighted by Crippen LogP contribution is 2.22. The topological polar surface area (TPSA) is 84.2 Å². The summed E-state index contributed by atoms with van der Waals surface area (Å²) in [6.45, 7) is 1.70. The number of halogens is 2. The number of rotatable bonds is 5. The third-order valence-electron chi connectivity index (χ3n) is 2.38. The molecule has 2 amide bonds. The van der Waals surface area contributed by atoms with Crippen LogP contribution in [0.25, 0.3) is 0 Å². The van der Waals surface area contributed by atoms with Gasteiger partial charge in [-0.2, -0.15) is 0 Å². The van der Waals surface area contributed by atoms with Crippen LogP contribution >= 0.6 is 28.3 Å². The van der Waals surface area contributed by atoms with Gasteiger partial charge in [-0.1, -0.05) is 34.1 Å². The van der Waals surface area contributed by atoms with E-state index in [0.717, 1.165) is 10.0 Å². The van der Waals surface area contributed by atoms with Gasteiger partial charge in [0.2, 0.25) is 11.8 Å². The van der Waals surface area contributed by atoms with Gasteiger partial charge < -0.3 is 16.4 Å². The van der Waals surface area contributed by atoms with Crippen molar-refractivity contribution in [2.45, 2.75) is 13.0 Å². The molecular weight excluding hydrogens is 334 g/mol. The van der Waals surface area contributed by atoms with Crippen LogP contribution in [0.3, 0.4) is 0 Å². The van der Waals surface area contributed by atoms with Crippen molar-refractivity contribution in [2.75, 3.05) is 13.1 Å². The van der Waals surface area contributed by atoms with Crippen LogP contribution in [0.5, 0.6) is 0 Å². The van der Waals surface area contributed by atoms with E-state index in [2.05, 4.69) is 26.6 Å². The van der Waals surface area contributed by atoms with Crippen LogP contribution in [0.2, 0.25) is 0 Å². The van der Waals surface area contributed by atoms with Gasteiger partial charge in [-0.05, 0) is 18.6 Å². The third-order valence-corrected chi connectivity index (χ3v) is 3.10. The summed E-state index contributed by atoms with van der Waals surface area (Å²) in [5.74, 6) is -0.598. The molecule has 0 saturated carbocycles. The second kappa shape index (κ2) is 8.90. The van der Waals surface area contributed by atoms with Crippen molar-refractivity contribution in [1.29, 1.82) is 0 Å². The molecule has 0 spiro atoms. The Hall–Kier alpha value is -1.11. The number of nitrogens with one attached hydrogen (secondary N) is 2. The van der Waals surface area contributed by atoms with Gasteiger partial charge in [0.05, 0.1) is 19.1 Å². The molecule has 0 fully saturated rings. The SMILES string of the molecule is CC(NC(=O)CNC(=O)CN)c1ccccc1Br.Cl. The molecule has 0 bridgehead atoms. The molecule has 1 unspecified atom stereocenters. The maximum absolute atomic E-state index is 11.6. The van der Waals surface area contributed by atoms with Crippen LogP contribution in [-0.2, 0) is 9.59 Å². The molecule has 5 nitrogen and oxygen atoms in total. The predicted octanol–water partition coefficient (Wildman–Crippen LogP) is 1.12. The Bertz CT molecular complexity index is 443. The molecule has 0 heterocycles. The molecule has 19 heavy (non-hydrogen) atoms. The largest absolute Gasteiger partial charge is 0.348 e. The zero-order valence-corrected chi connectivity index (χ0v) is 12.9. The minimum Gasteiger partial charge on any atom is -0.348 e. The first-order chi connectivity index (χ1) is 8.54. The van der Waals surface area contributed by atoms with E-state index in [1.165, 1.54) is 0 Å². The van der Waals surface area contributed by atoms with Gasteiger partial charge in [-0.25, -0.2) is 0 Å². The molecule has 1 atom stereocenters. The normalized spacial score (nSPS) is 11.1. The molecule has 106 valence electrons. The number of carbonyl (C=O) groups is 2. The van der Waals surface area contributed by atoms with Crippen LogP contribution in [0.15, 0.2) is 28.7 Å². The zero-order chi connectivity index (χ0) is 13.5. The number of hydrogen-bond donors (Lipinski definition) is 3. The van der Waals surface area contributed by atoms with E-state index in [9.17, 15) is 9.59 Å². The Morgan fingerprint density at radius 2 is 1.95 bits per heavy atom. The molecule has 1 rings (SSSR count).